The lowest BCUT2D eigenvalue weighted by atomic mass is 9.72. The number of benzene rings is 4. The zero-order valence-corrected chi connectivity index (χ0v) is 39.5. The van der Waals surface area contributed by atoms with Crippen LogP contribution in [0.5, 0.6) is 17.2 Å². The van der Waals surface area contributed by atoms with Crippen molar-refractivity contribution in [2.75, 3.05) is 64.1 Å². The summed E-state index contributed by atoms with van der Waals surface area (Å²) >= 11 is 6.27. The van der Waals surface area contributed by atoms with Crippen molar-refractivity contribution in [3.05, 3.63) is 141 Å². The Morgan fingerprint density at radius 2 is 1.78 bits per heavy atom. The molecule has 2 N–H and O–H groups in total. The number of nitrogens with one attached hydrogen (secondary N) is 2. The number of nitro groups is 1. The van der Waals surface area contributed by atoms with Gasteiger partial charge in [-0.2, -0.15) is 0 Å². The second-order valence-corrected chi connectivity index (χ2v) is 20.3. The van der Waals surface area contributed by atoms with Crippen LogP contribution in [-0.4, -0.2) is 99.4 Å². The number of anilines is 1. The number of para-hydroxylation sites is 1. The van der Waals surface area contributed by atoms with Crippen LogP contribution in [0.1, 0.15) is 55.5 Å². The van der Waals surface area contributed by atoms with Crippen molar-refractivity contribution in [1.29, 1.82) is 0 Å². The second-order valence-electron chi connectivity index (χ2n) is 18.1. The molecule has 1 unspecified atom stereocenters. The van der Waals surface area contributed by atoms with E-state index in [9.17, 15) is 23.3 Å². The number of nitro benzene ring substituents is 1. The maximum atomic E-state index is 14.3. The van der Waals surface area contributed by atoms with Gasteiger partial charge < -0.3 is 28.8 Å². The van der Waals surface area contributed by atoms with Gasteiger partial charge in [-0.15, -0.1) is 0 Å². The standard InChI is InChI=1S/C51H53ClN6O9S/c1-51(2)18-15-36(45(30-51)34-7-9-37(52)10-8-34)32-56-20-22-57(23-21-56)38-11-13-43(44(28-38)42-5-3-4-6-47(42)67-40-27-35-16-19-53-49(35)54-31-40)50(59)55-68(62,63)41-12-14-48(46(29-41)58(60)61)66-26-25-65-39-17-24-64-33-39/h3-14,16,19,27-29,31,39H,15,17-18,20-26,30,32-33H2,1-2H3,(H,53,54)(H,55,59). The topological polar surface area (TPSA) is 178 Å². The van der Waals surface area contributed by atoms with Crippen LogP contribution in [0.15, 0.2) is 120 Å². The van der Waals surface area contributed by atoms with Crippen molar-refractivity contribution in [2.24, 2.45) is 5.41 Å². The number of amides is 1. The van der Waals surface area contributed by atoms with Gasteiger partial charge in [-0.25, -0.2) is 18.1 Å². The van der Waals surface area contributed by atoms with E-state index in [0.717, 1.165) is 86.6 Å². The van der Waals surface area contributed by atoms with Crippen molar-refractivity contribution >= 4 is 55.5 Å². The molecule has 68 heavy (non-hydrogen) atoms. The van der Waals surface area contributed by atoms with Crippen molar-refractivity contribution in [3.63, 3.8) is 0 Å². The summed E-state index contributed by atoms with van der Waals surface area (Å²) in [6, 6.07) is 27.7. The molecule has 2 fully saturated rings. The lowest BCUT2D eigenvalue weighted by Crippen LogP contribution is -2.47. The summed E-state index contributed by atoms with van der Waals surface area (Å²) in [5.74, 6) is -0.188. The van der Waals surface area contributed by atoms with Gasteiger partial charge in [-0.05, 0) is 103 Å². The number of rotatable bonds is 16. The summed E-state index contributed by atoms with van der Waals surface area (Å²) in [5.41, 5.74) is 6.28. The number of nitrogens with zero attached hydrogens (tertiary/aromatic N) is 4. The third-order valence-electron chi connectivity index (χ3n) is 12.8. The molecule has 2 aromatic heterocycles. The van der Waals surface area contributed by atoms with Gasteiger partial charge >= 0.3 is 5.69 Å². The number of allylic oxidation sites excluding steroid dienone is 1. The minimum atomic E-state index is -4.64. The summed E-state index contributed by atoms with van der Waals surface area (Å²) in [6.07, 6.45) is 7.23. The van der Waals surface area contributed by atoms with Crippen LogP contribution in [-0.2, 0) is 19.5 Å². The molecule has 0 spiro atoms. The average Bonchev–Trinajstić information content (AvgIpc) is 4.04. The molecule has 1 aliphatic carbocycles. The van der Waals surface area contributed by atoms with Crippen LogP contribution < -0.4 is 19.1 Å². The lowest BCUT2D eigenvalue weighted by Gasteiger charge is -2.39. The molecule has 0 saturated carbocycles. The highest BCUT2D eigenvalue weighted by atomic mass is 35.5. The van der Waals surface area contributed by atoms with E-state index >= 15 is 0 Å². The summed E-state index contributed by atoms with van der Waals surface area (Å²) < 4.78 is 53.0. The van der Waals surface area contributed by atoms with Gasteiger partial charge in [0.2, 0.25) is 0 Å². The molecule has 2 aliphatic heterocycles. The Morgan fingerprint density at radius 3 is 2.56 bits per heavy atom. The average molecular weight is 962 g/mol. The molecule has 4 heterocycles. The number of hydrogen-bond acceptors (Lipinski definition) is 12. The first kappa shape index (κ1) is 46.8. The van der Waals surface area contributed by atoms with Crippen LogP contribution in [0.25, 0.3) is 27.7 Å². The molecule has 1 amide bonds. The van der Waals surface area contributed by atoms with E-state index in [0.29, 0.717) is 41.5 Å². The first-order valence-electron chi connectivity index (χ1n) is 22.7. The largest absolute Gasteiger partial charge is 0.484 e. The summed E-state index contributed by atoms with van der Waals surface area (Å²) in [5, 5.41) is 13.7. The Labute approximate surface area is 400 Å². The molecule has 4 aromatic carbocycles. The fourth-order valence-electron chi connectivity index (χ4n) is 9.10. The number of halogens is 1. The van der Waals surface area contributed by atoms with E-state index in [1.165, 1.54) is 22.8 Å². The number of fused-ring (bicyclic) bond motifs is 1. The SMILES string of the molecule is CC1(C)CCC(CN2CCN(c3ccc(C(=O)NS(=O)(=O)c4ccc(OCCOC5CCOC5)c([N+](=O)[O-])c4)c(-c4ccccc4Oc4cnc5[nH]ccc5c4)c3)CC2)=C(c2ccc(Cl)cc2)C1. The molecule has 15 nitrogen and oxygen atoms in total. The molecule has 0 radical (unpaired) electrons. The maximum Gasteiger partial charge on any atom is 0.312 e. The van der Waals surface area contributed by atoms with Gasteiger partial charge in [-0.1, -0.05) is 61.4 Å². The zero-order chi connectivity index (χ0) is 47.4. The number of ether oxygens (including phenoxy) is 4. The zero-order valence-electron chi connectivity index (χ0n) is 37.9. The third kappa shape index (κ3) is 10.8. The monoisotopic (exact) mass is 960 g/mol. The number of sulfonamides is 1. The molecule has 0 bridgehead atoms. The number of aromatic nitrogens is 2. The fourth-order valence-corrected chi connectivity index (χ4v) is 10.2. The number of pyridine rings is 1. The minimum absolute atomic E-state index is 0.0000834. The highest BCUT2D eigenvalue weighted by molar-refractivity contribution is 7.90. The first-order valence-corrected chi connectivity index (χ1v) is 24.6. The molecule has 17 heteroatoms. The van der Waals surface area contributed by atoms with Crippen molar-refractivity contribution in [2.45, 2.75) is 50.5 Å². The van der Waals surface area contributed by atoms with Crippen LogP contribution in [0.2, 0.25) is 5.02 Å². The first-order chi connectivity index (χ1) is 32.8. The van der Waals surface area contributed by atoms with E-state index in [-0.39, 0.29) is 36.0 Å². The molecule has 3 aliphatic rings. The van der Waals surface area contributed by atoms with Crippen molar-refractivity contribution in [3.8, 4) is 28.4 Å². The molecule has 354 valence electrons. The van der Waals surface area contributed by atoms with Crippen LogP contribution >= 0.6 is 11.6 Å². The third-order valence-corrected chi connectivity index (χ3v) is 14.4. The van der Waals surface area contributed by atoms with E-state index in [1.807, 2.05) is 54.6 Å². The molecule has 9 rings (SSSR count). The van der Waals surface area contributed by atoms with Crippen LogP contribution in [0.4, 0.5) is 11.4 Å². The Bertz CT molecular complexity index is 2960. The van der Waals surface area contributed by atoms with Gasteiger partial charge in [0.25, 0.3) is 15.9 Å². The summed E-state index contributed by atoms with van der Waals surface area (Å²) in [7, 11) is -4.64. The molecular weight excluding hydrogens is 908 g/mol. The minimum Gasteiger partial charge on any atom is -0.484 e. The number of hydrogen-bond donors (Lipinski definition) is 2. The van der Waals surface area contributed by atoms with Gasteiger partial charge in [0.1, 0.15) is 23.8 Å². The van der Waals surface area contributed by atoms with E-state index < -0.39 is 31.4 Å². The number of aromatic amines is 1. The second kappa shape index (κ2) is 20.1. The molecule has 6 aromatic rings. The maximum absolute atomic E-state index is 14.3. The van der Waals surface area contributed by atoms with Gasteiger partial charge in [0.05, 0.1) is 35.3 Å². The number of carbonyl (C=O) groups is 1. The number of carbonyl (C=O) groups excluding carboxylic acids is 1. The van der Waals surface area contributed by atoms with E-state index in [4.69, 9.17) is 30.5 Å². The Hall–Kier alpha value is -6.30. The molecule has 1 atom stereocenters. The normalized spacial score (nSPS) is 17.6. The lowest BCUT2D eigenvalue weighted by molar-refractivity contribution is -0.386. The number of piperazine rings is 1. The van der Waals surface area contributed by atoms with E-state index in [1.54, 1.807) is 24.5 Å². The smallest absolute Gasteiger partial charge is 0.312 e. The van der Waals surface area contributed by atoms with Crippen LogP contribution in [0.3, 0.4) is 0 Å². The molecule has 2 saturated heterocycles. The Balaban J connectivity index is 0.972. The van der Waals surface area contributed by atoms with Crippen molar-refractivity contribution in [1.82, 2.24) is 19.6 Å². The van der Waals surface area contributed by atoms with Gasteiger partial charge in [0, 0.05) is 84.4 Å². The van der Waals surface area contributed by atoms with Crippen molar-refractivity contribution < 1.29 is 37.1 Å². The van der Waals surface area contributed by atoms with Crippen LogP contribution in [0, 0.1) is 15.5 Å². The Kier molecular flexibility index (Phi) is 13.8. The van der Waals surface area contributed by atoms with Gasteiger partial charge in [-0.3, -0.25) is 19.8 Å². The molecular formula is C51H53ClN6O9S. The quantitative estimate of drug-likeness (QED) is 0.0534. The highest BCUT2D eigenvalue weighted by Gasteiger charge is 2.31. The highest BCUT2D eigenvalue weighted by Crippen LogP contribution is 2.44. The predicted molar refractivity (Wildman–Crippen MR) is 261 cm³/mol. The summed E-state index contributed by atoms with van der Waals surface area (Å²) in [6.45, 7) is 9.83. The number of H-pyrrole nitrogens is 1. The predicted octanol–water partition coefficient (Wildman–Crippen LogP) is 9.67. The Morgan fingerprint density at radius 1 is 0.971 bits per heavy atom. The van der Waals surface area contributed by atoms with Gasteiger partial charge in [0.15, 0.2) is 5.75 Å². The summed E-state index contributed by atoms with van der Waals surface area (Å²) in [4.78, 5) is 37.6. The van der Waals surface area contributed by atoms with E-state index in [2.05, 4.69) is 50.5 Å². The fraction of sp³-hybridized carbons (Fsp3) is 0.333.